The maximum Gasteiger partial charge on any atom is 0.285 e. The van der Waals surface area contributed by atoms with Crippen LogP contribution in [0.1, 0.15) is 21.6 Å². The largest absolute Gasteiger partial charge is 0.285 e. The van der Waals surface area contributed by atoms with Crippen molar-refractivity contribution in [1.29, 1.82) is 0 Å². The van der Waals surface area contributed by atoms with Gasteiger partial charge < -0.3 is 0 Å². The van der Waals surface area contributed by atoms with E-state index in [0.29, 0.717) is 37.6 Å². The lowest BCUT2D eigenvalue weighted by Crippen LogP contribution is -2.31. The highest BCUT2D eigenvalue weighted by atomic mass is 35.5. The summed E-state index contributed by atoms with van der Waals surface area (Å²) in [6.45, 7) is 3.52. The first-order valence-corrected chi connectivity index (χ1v) is 12.6. The van der Waals surface area contributed by atoms with E-state index in [1.165, 1.54) is 16.8 Å². The van der Waals surface area contributed by atoms with Crippen LogP contribution in [0.3, 0.4) is 0 Å². The number of carbonyl (C=O) groups excluding carboxylic acids is 1. The molecule has 1 aromatic heterocycles. The highest BCUT2D eigenvalue weighted by Crippen LogP contribution is 2.33. The molecule has 0 fully saturated rings. The Morgan fingerprint density at radius 3 is 2.12 bits per heavy atom. The topological polar surface area (TPSA) is 81.1 Å². The van der Waals surface area contributed by atoms with Gasteiger partial charge in [0.25, 0.3) is 15.9 Å². The zero-order valence-corrected chi connectivity index (χ0v) is 21.1. The van der Waals surface area contributed by atoms with Gasteiger partial charge in [0.15, 0.2) is 5.69 Å². The van der Waals surface area contributed by atoms with Crippen molar-refractivity contribution in [3.8, 4) is 16.9 Å². The molecule has 174 valence electrons. The minimum Gasteiger partial charge on any atom is -0.266 e. The van der Waals surface area contributed by atoms with Gasteiger partial charge in [-0.2, -0.15) is 5.10 Å². The van der Waals surface area contributed by atoms with E-state index in [4.69, 9.17) is 34.8 Å². The van der Waals surface area contributed by atoms with Gasteiger partial charge in [-0.05, 0) is 56.3 Å². The molecule has 1 N–H and O–H groups in total. The third-order valence-corrected chi connectivity index (χ3v) is 7.29. The van der Waals surface area contributed by atoms with Crippen LogP contribution >= 0.6 is 34.8 Å². The van der Waals surface area contributed by atoms with Crippen LogP contribution in [0.15, 0.2) is 71.6 Å². The first-order chi connectivity index (χ1) is 16.1. The molecule has 0 aliphatic heterocycles. The van der Waals surface area contributed by atoms with Gasteiger partial charge in [0.05, 0.1) is 21.3 Å². The number of hydrogen-bond acceptors (Lipinski definition) is 4. The second-order valence-electron chi connectivity index (χ2n) is 7.58. The van der Waals surface area contributed by atoms with Crippen LogP contribution in [0.5, 0.6) is 0 Å². The maximum atomic E-state index is 13.1. The van der Waals surface area contributed by atoms with Crippen molar-refractivity contribution in [2.75, 3.05) is 0 Å². The standard InChI is InChI=1S/C24H18Cl3N3O3S/c1-14-3-10-19(11-4-14)34(32,33)29-24(31)22-15(2)23(16-5-7-17(25)8-6-16)30(28-22)21-12-9-18(26)13-20(21)27/h3-13H,1-2H3,(H,29,31). The lowest BCUT2D eigenvalue weighted by atomic mass is 10.1. The zero-order valence-electron chi connectivity index (χ0n) is 18.0. The number of benzene rings is 3. The number of aryl methyl sites for hydroxylation is 1. The zero-order chi connectivity index (χ0) is 24.6. The summed E-state index contributed by atoms with van der Waals surface area (Å²) in [4.78, 5) is 13.1. The van der Waals surface area contributed by atoms with Gasteiger partial charge in [0.1, 0.15) is 0 Å². The molecule has 1 heterocycles. The Bertz CT molecular complexity index is 1500. The van der Waals surface area contributed by atoms with Crippen molar-refractivity contribution >= 4 is 50.7 Å². The Hall–Kier alpha value is -2.84. The summed E-state index contributed by atoms with van der Waals surface area (Å²) in [6.07, 6.45) is 0. The average Bonchev–Trinajstić information content (AvgIpc) is 3.11. The SMILES string of the molecule is Cc1ccc(S(=O)(=O)NC(=O)c2nn(-c3ccc(Cl)cc3Cl)c(-c3ccc(Cl)cc3)c2C)cc1. The molecule has 0 unspecified atom stereocenters. The molecule has 0 aliphatic rings. The smallest absolute Gasteiger partial charge is 0.266 e. The van der Waals surface area contributed by atoms with E-state index < -0.39 is 15.9 Å². The van der Waals surface area contributed by atoms with Gasteiger partial charge >= 0.3 is 0 Å². The van der Waals surface area contributed by atoms with Crippen molar-refractivity contribution in [3.05, 3.63) is 98.6 Å². The number of halogens is 3. The summed E-state index contributed by atoms with van der Waals surface area (Å²) in [7, 11) is -4.10. The first kappa shape index (κ1) is 24.3. The van der Waals surface area contributed by atoms with Crippen LogP contribution in [0.25, 0.3) is 16.9 Å². The summed E-state index contributed by atoms with van der Waals surface area (Å²) in [5.74, 6) is -0.864. The highest BCUT2D eigenvalue weighted by Gasteiger charge is 2.26. The average molecular weight is 535 g/mol. The monoisotopic (exact) mass is 533 g/mol. The Morgan fingerprint density at radius 2 is 1.50 bits per heavy atom. The molecule has 0 saturated heterocycles. The Labute approximate surface area is 212 Å². The summed E-state index contributed by atoms with van der Waals surface area (Å²) < 4.78 is 29.2. The van der Waals surface area contributed by atoms with E-state index >= 15 is 0 Å². The molecule has 4 rings (SSSR count). The summed E-state index contributed by atoms with van der Waals surface area (Å²) in [5.41, 5.74) is 3.03. The molecule has 4 aromatic rings. The van der Waals surface area contributed by atoms with Gasteiger partial charge in [0.2, 0.25) is 0 Å². The van der Waals surface area contributed by atoms with E-state index in [-0.39, 0.29) is 10.6 Å². The van der Waals surface area contributed by atoms with Crippen LogP contribution in [0.4, 0.5) is 0 Å². The Kier molecular flexibility index (Phi) is 6.73. The fourth-order valence-electron chi connectivity index (χ4n) is 3.43. The molecule has 0 saturated carbocycles. The molecule has 1 amide bonds. The van der Waals surface area contributed by atoms with E-state index in [2.05, 4.69) is 9.82 Å². The minimum atomic E-state index is -4.10. The molecule has 3 aromatic carbocycles. The maximum absolute atomic E-state index is 13.1. The third-order valence-electron chi connectivity index (χ3n) is 5.15. The molecule has 0 aliphatic carbocycles. The highest BCUT2D eigenvalue weighted by molar-refractivity contribution is 7.90. The third kappa shape index (κ3) is 4.83. The van der Waals surface area contributed by atoms with Gasteiger partial charge in [0, 0.05) is 21.2 Å². The van der Waals surface area contributed by atoms with Gasteiger partial charge in [-0.15, -0.1) is 0 Å². The minimum absolute atomic E-state index is 0.0257. The molecule has 10 heteroatoms. The molecule has 0 spiro atoms. The van der Waals surface area contributed by atoms with Gasteiger partial charge in [-0.25, -0.2) is 17.8 Å². The molecule has 6 nitrogen and oxygen atoms in total. The summed E-state index contributed by atoms with van der Waals surface area (Å²) >= 11 is 18.5. The first-order valence-electron chi connectivity index (χ1n) is 10.0. The summed E-state index contributed by atoms with van der Waals surface area (Å²) in [5, 5.41) is 5.73. The number of sulfonamides is 1. The lowest BCUT2D eigenvalue weighted by Gasteiger charge is -2.11. The van der Waals surface area contributed by atoms with Crippen molar-refractivity contribution in [2.45, 2.75) is 18.7 Å². The Morgan fingerprint density at radius 1 is 0.882 bits per heavy atom. The number of nitrogens with one attached hydrogen (secondary N) is 1. The van der Waals surface area contributed by atoms with E-state index in [9.17, 15) is 13.2 Å². The van der Waals surface area contributed by atoms with Crippen molar-refractivity contribution in [3.63, 3.8) is 0 Å². The molecule has 0 bridgehead atoms. The van der Waals surface area contributed by atoms with Crippen LogP contribution in [-0.4, -0.2) is 24.1 Å². The van der Waals surface area contributed by atoms with Crippen molar-refractivity contribution in [1.82, 2.24) is 14.5 Å². The van der Waals surface area contributed by atoms with Crippen LogP contribution < -0.4 is 4.72 Å². The molecular weight excluding hydrogens is 517 g/mol. The Balaban J connectivity index is 1.83. The quantitative estimate of drug-likeness (QED) is 0.329. The van der Waals surface area contributed by atoms with E-state index in [1.807, 2.05) is 6.92 Å². The molecule has 0 radical (unpaired) electrons. The molecule has 34 heavy (non-hydrogen) atoms. The number of carbonyl (C=O) groups is 1. The number of amides is 1. The normalized spacial score (nSPS) is 11.4. The second-order valence-corrected chi connectivity index (χ2v) is 10.5. The van der Waals surface area contributed by atoms with Crippen LogP contribution in [0, 0.1) is 13.8 Å². The lowest BCUT2D eigenvalue weighted by molar-refractivity contribution is 0.0975. The number of aromatic nitrogens is 2. The predicted molar refractivity (Wildman–Crippen MR) is 135 cm³/mol. The van der Waals surface area contributed by atoms with Gasteiger partial charge in [-0.3, -0.25) is 4.79 Å². The molecule has 0 atom stereocenters. The van der Waals surface area contributed by atoms with Crippen molar-refractivity contribution in [2.24, 2.45) is 0 Å². The number of rotatable bonds is 5. The fourth-order valence-corrected chi connectivity index (χ4v) is 5.00. The fraction of sp³-hybridized carbons (Fsp3) is 0.0833. The number of hydrogen-bond donors (Lipinski definition) is 1. The van der Waals surface area contributed by atoms with E-state index in [1.54, 1.807) is 61.5 Å². The predicted octanol–water partition coefficient (Wildman–Crippen LogP) is 6.24. The van der Waals surface area contributed by atoms with Crippen molar-refractivity contribution < 1.29 is 13.2 Å². The summed E-state index contributed by atoms with van der Waals surface area (Å²) in [6, 6.07) is 18.0. The van der Waals surface area contributed by atoms with Crippen LogP contribution in [-0.2, 0) is 10.0 Å². The van der Waals surface area contributed by atoms with E-state index in [0.717, 1.165) is 5.56 Å². The van der Waals surface area contributed by atoms with Gasteiger partial charge in [-0.1, -0.05) is 64.6 Å². The molecular formula is C24H18Cl3N3O3S. The number of nitrogens with zero attached hydrogens (tertiary/aromatic N) is 2. The van der Waals surface area contributed by atoms with Crippen LogP contribution in [0.2, 0.25) is 15.1 Å². The second kappa shape index (κ2) is 9.43.